The van der Waals surface area contributed by atoms with Gasteiger partial charge >= 0.3 is 5.97 Å². The highest BCUT2D eigenvalue weighted by Crippen LogP contribution is 2.27. The predicted octanol–water partition coefficient (Wildman–Crippen LogP) is 3.58. The lowest BCUT2D eigenvalue weighted by atomic mass is 10.2. The lowest BCUT2D eigenvalue weighted by Crippen LogP contribution is -2.28. The number of carbonyl (C=O) groups excluding carboxylic acids is 2. The molecular weight excluding hydrogens is 434 g/mol. The number of methoxy groups -OCH3 is 1. The van der Waals surface area contributed by atoms with Gasteiger partial charge in [-0.3, -0.25) is 19.0 Å². The van der Waals surface area contributed by atoms with E-state index in [-0.39, 0.29) is 28.9 Å². The Hall–Kier alpha value is -3.04. The Morgan fingerprint density at radius 1 is 1.16 bits per heavy atom. The molecule has 7 nitrogen and oxygen atoms in total. The topological polar surface area (TPSA) is 90.3 Å². The van der Waals surface area contributed by atoms with Gasteiger partial charge in [-0.1, -0.05) is 42.1 Å². The summed E-state index contributed by atoms with van der Waals surface area (Å²) >= 11 is 2.66. The van der Waals surface area contributed by atoms with Crippen LogP contribution < -0.4 is 10.9 Å². The number of rotatable bonds is 9. The third-order valence-electron chi connectivity index (χ3n) is 4.19. The monoisotopic (exact) mass is 455 g/mol. The number of benzene rings is 2. The quantitative estimate of drug-likeness (QED) is 0.228. The van der Waals surface area contributed by atoms with Crippen LogP contribution in [0.2, 0.25) is 0 Å². The van der Waals surface area contributed by atoms with Crippen molar-refractivity contribution in [1.29, 1.82) is 0 Å². The van der Waals surface area contributed by atoms with Gasteiger partial charge in [0.25, 0.3) is 5.56 Å². The van der Waals surface area contributed by atoms with Gasteiger partial charge in [0.05, 0.1) is 29.5 Å². The average molecular weight is 456 g/mol. The second kappa shape index (κ2) is 10.8. The Morgan fingerprint density at radius 3 is 2.68 bits per heavy atom. The SMILES string of the molecule is C=CCSc1ccccc1NC(=O)CSc1nc2ccccc2c(=O)n1CC(=O)OC. The zero-order chi connectivity index (χ0) is 22.2. The molecule has 0 aliphatic rings. The second-order valence-electron chi connectivity index (χ2n) is 6.31. The molecule has 0 saturated carbocycles. The largest absolute Gasteiger partial charge is 0.468 e. The summed E-state index contributed by atoms with van der Waals surface area (Å²) in [6.45, 7) is 3.43. The first kappa shape index (κ1) is 22.6. The highest BCUT2D eigenvalue weighted by Gasteiger charge is 2.16. The maximum Gasteiger partial charge on any atom is 0.325 e. The standard InChI is InChI=1S/C22H21N3O4S2/c1-3-12-30-18-11-7-6-10-17(18)23-19(26)14-31-22-24-16-9-5-4-8-15(16)21(28)25(22)13-20(27)29-2/h3-11H,1,12-14H2,2H3,(H,23,26). The van der Waals surface area contributed by atoms with Gasteiger partial charge < -0.3 is 10.1 Å². The molecule has 0 spiro atoms. The molecule has 0 radical (unpaired) electrons. The predicted molar refractivity (Wildman–Crippen MR) is 125 cm³/mol. The van der Waals surface area contributed by atoms with Crippen LogP contribution in [0.3, 0.4) is 0 Å². The molecule has 3 aromatic rings. The van der Waals surface area contributed by atoms with Crippen LogP contribution in [-0.4, -0.2) is 40.0 Å². The molecule has 0 unspecified atom stereocenters. The van der Waals surface area contributed by atoms with Crippen molar-refractivity contribution in [3.63, 3.8) is 0 Å². The van der Waals surface area contributed by atoms with Crippen LogP contribution in [-0.2, 0) is 20.9 Å². The molecule has 0 aliphatic carbocycles. The molecule has 2 aromatic carbocycles. The molecule has 1 N–H and O–H groups in total. The third kappa shape index (κ3) is 5.77. The Balaban J connectivity index is 1.81. The van der Waals surface area contributed by atoms with Crippen LogP contribution in [0.5, 0.6) is 0 Å². The number of fused-ring (bicyclic) bond motifs is 1. The summed E-state index contributed by atoms with van der Waals surface area (Å²) in [7, 11) is 1.25. The van der Waals surface area contributed by atoms with Crippen molar-refractivity contribution in [2.45, 2.75) is 16.6 Å². The van der Waals surface area contributed by atoms with Gasteiger partial charge in [-0.05, 0) is 24.3 Å². The maximum atomic E-state index is 12.9. The van der Waals surface area contributed by atoms with Crippen LogP contribution in [0.1, 0.15) is 0 Å². The van der Waals surface area contributed by atoms with Gasteiger partial charge in [0.1, 0.15) is 6.54 Å². The summed E-state index contributed by atoms with van der Waals surface area (Å²) in [6.07, 6.45) is 1.80. The van der Waals surface area contributed by atoms with E-state index >= 15 is 0 Å². The number of nitrogens with zero attached hydrogens (tertiary/aromatic N) is 2. The minimum atomic E-state index is -0.571. The lowest BCUT2D eigenvalue weighted by molar-refractivity contribution is -0.141. The van der Waals surface area contributed by atoms with Crippen LogP contribution in [0.4, 0.5) is 5.69 Å². The molecule has 0 atom stereocenters. The Labute approximate surface area is 187 Å². The summed E-state index contributed by atoms with van der Waals surface area (Å²) in [4.78, 5) is 42.7. The van der Waals surface area contributed by atoms with Gasteiger partial charge in [-0.2, -0.15) is 0 Å². The first-order valence-corrected chi connectivity index (χ1v) is 11.3. The normalized spacial score (nSPS) is 10.6. The molecule has 3 rings (SSSR count). The zero-order valence-corrected chi connectivity index (χ0v) is 18.5. The van der Waals surface area contributed by atoms with Crippen molar-refractivity contribution in [2.24, 2.45) is 0 Å². The van der Waals surface area contributed by atoms with Crippen molar-refractivity contribution in [3.05, 3.63) is 71.5 Å². The molecule has 1 amide bonds. The van der Waals surface area contributed by atoms with Crippen molar-refractivity contribution in [2.75, 3.05) is 23.9 Å². The van der Waals surface area contributed by atoms with E-state index in [0.717, 1.165) is 22.4 Å². The van der Waals surface area contributed by atoms with Gasteiger partial charge in [0.15, 0.2) is 5.16 Å². The fraction of sp³-hybridized carbons (Fsp3) is 0.182. The highest BCUT2D eigenvalue weighted by atomic mass is 32.2. The van der Waals surface area contributed by atoms with Gasteiger partial charge in [-0.25, -0.2) is 4.98 Å². The number of esters is 1. The number of hydrogen-bond donors (Lipinski definition) is 1. The minimum absolute atomic E-state index is 0.0203. The van der Waals surface area contributed by atoms with E-state index in [0.29, 0.717) is 16.6 Å². The second-order valence-corrected chi connectivity index (χ2v) is 8.32. The molecule has 1 heterocycles. The van der Waals surface area contributed by atoms with Crippen LogP contribution >= 0.6 is 23.5 Å². The molecule has 0 saturated heterocycles. The van der Waals surface area contributed by atoms with Crippen molar-refractivity contribution in [1.82, 2.24) is 9.55 Å². The van der Waals surface area contributed by atoms with Gasteiger partial charge in [0, 0.05) is 10.6 Å². The lowest BCUT2D eigenvalue weighted by Gasteiger charge is -2.13. The van der Waals surface area contributed by atoms with Gasteiger partial charge in [0.2, 0.25) is 5.91 Å². The summed E-state index contributed by atoms with van der Waals surface area (Å²) < 4.78 is 5.94. The summed E-state index contributed by atoms with van der Waals surface area (Å²) in [5.41, 5.74) is 0.853. The number of aromatic nitrogens is 2. The number of para-hydroxylation sites is 2. The molecule has 160 valence electrons. The number of hydrogen-bond acceptors (Lipinski definition) is 7. The zero-order valence-electron chi connectivity index (χ0n) is 16.9. The molecule has 31 heavy (non-hydrogen) atoms. The first-order chi connectivity index (χ1) is 15.0. The molecule has 1 aromatic heterocycles. The number of carbonyl (C=O) groups is 2. The van der Waals surface area contributed by atoms with E-state index in [9.17, 15) is 14.4 Å². The fourth-order valence-electron chi connectivity index (χ4n) is 2.75. The third-order valence-corrected chi connectivity index (χ3v) is 6.24. The number of thioether (sulfide) groups is 2. The molecule has 0 fully saturated rings. The molecule has 9 heteroatoms. The van der Waals surface area contributed by atoms with E-state index < -0.39 is 5.97 Å². The van der Waals surface area contributed by atoms with E-state index in [4.69, 9.17) is 4.74 Å². The molecular formula is C22H21N3O4S2. The van der Waals surface area contributed by atoms with Crippen molar-refractivity contribution < 1.29 is 14.3 Å². The smallest absolute Gasteiger partial charge is 0.325 e. The van der Waals surface area contributed by atoms with Crippen LogP contribution in [0.25, 0.3) is 10.9 Å². The Kier molecular flexibility index (Phi) is 7.91. The van der Waals surface area contributed by atoms with E-state index in [2.05, 4.69) is 16.9 Å². The minimum Gasteiger partial charge on any atom is -0.468 e. The van der Waals surface area contributed by atoms with Crippen LogP contribution in [0.15, 0.2) is 76.0 Å². The summed E-state index contributed by atoms with van der Waals surface area (Å²) in [5.74, 6) is -0.0724. The summed E-state index contributed by atoms with van der Waals surface area (Å²) in [5, 5.41) is 3.56. The van der Waals surface area contributed by atoms with Crippen LogP contribution in [0, 0.1) is 0 Å². The number of ether oxygens (including phenoxy) is 1. The molecule has 0 aliphatic heterocycles. The number of anilines is 1. The highest BCUT2D eigenvalue weighted by molar-refractivity contribution is 8.00. The average Bonchev–Trinajstić information content (AvgIpc) is 2.79. The van der Waals surface area contributed by atoms with Gasteiger partial charge in [-0.15, -0.1) is 18.3 Å². The van der Waals surface area contributed by atoms with E-state index in [1.165, 1.54) is 11.7 Å². The van der Waals surface area contributed by atoms with Crippen molar-refractivity contribution >= 4 is 52.0 Å². The van der Waals surface area contributed by atoms with E-state index in [1.54, 1.807) is 42.1 Å². The molecule has 0 bridgehead atoms. The Bertz CT molecular complexity index is 1180. The van der Waals surface area contributed by atoms with E-state index in [1.807, 2.05) is 24.3 Å². The maximum absolute atomic E-state index is 12.9. The number of amides is 1. The number of nitrogens with one attached hydrogen (secondary N) is 1. The summed E-state index contributed by atoms with van der Waals surface area (Å²) in [6, 6.07) is 14.4. The Morgan fingerprint density at radius 2 is 1.90 bits per heavy atom. The fourth-order valence-corrected chi connectivity index (χ4v) is 4.30. The first-order valence-electron chi connectivity index (χ1n) is 9.35. The van der Waals surface area contributed by atoms with Crippen molar-refractivity contribution in [3.8, 4) is 0 Å².